The van der Waals surface area contributed by atoms with Crippen LogP contribution in [0, 0.1) is 0 Å². The molecule has 1 aromatic rings. The standard InChI is InChI=1S/C16H24N6O3/c1-4-16(2)14(24)22(15(25)18-16)19-13(23)10-21-7-5-6-12(21)11-8-17-20(3)9-11/h8-9,12H,4-7,10H2,1-3H3,(H,18,25)(H,19,23)/t12-,16-/m0/s1. The molecule has 1 aromatic heterocycles. The van der Waals surface area contributed by atoms with Crippen LogP contribution in [0.3, 0.4) is 0 Å². The van der Waals surface area contributed by atoms with Crippen LogP contribution in [0.25, 0.3) is 0 Å². The van der Waals surface area contributed by atoms with Crippen molar-refractivity contribution in [2.24, 2.45) is 7.05 Å². The summed E-state index contributed by atoms with van der Waals surface area (Å²) < 4.78 is 1.74. The van der Waals surface area contributed by atoms with E-state index in [4.69, 9.17) is 0 Å². The molecule has 2 fully saturated rings. The number of hydrazine groups is 1. The summed E-state index contributed by atoms with van der Waals surface area (Å²) in [6, 6.07) is -0.462. The zero-order valence-electron chi connectivity index (χ0n) is 14.8. The fraction of sp³-hybridized carbons (Fsp3) is 0.625. The lowest BCUT2D eigenvalue weighted by Crippen LogP contribution is -2.51. The second kappa shape index (κ2) is 6.47. The maximum Gasteiger partial charge on any atom is 0.344 e. The van der Waals surface area contributed by atoms with E-state index in [2.05, 4.69) is 15.8 Å². The fourth-order valence-electron chi connectivity index (χ4n) is 3.38. The van der Waals surface area contributed by atoms with Crippen LogP contribution in [-0.4, -0.2) is 56.2 Å². The number of nitrogens with zero attached hydrogens (tertiary/aromatic N) is 4. The van der Waals surface area contributed by atoms with Crippen LogP contribution in [0.15, 0.2) is 12.4 Å². The zero-order valence-corrected chi connectivity index (χ0v) is 14.8. The molecule has 2 atom stereocenters. The van der Waals surface area contributed by atoms with Gasteiger partial charge >= 0.3 is 6.03 Å². The Morgan fingerprint density at radius 1 is 1.48 bits per heavy atom. The summed E-state index contributed by atoms with van der Waals surface area (Å²) >= 11 is 0. The summed E-state index contributed by atoms with van der Waals surface area (Å²) in [6.07, 6.45) is 6.16. The molecule has 0 spiro atoms. The molecule has 0 radical (unpaired) electrons. The van der Waals surface area contributed by atoms with Crippen molar-refractivity contribution in [2.75, 3.05) is 13.1 Å². The molecule has 0 aliphatic carbocycles. The molecular weight excluding hydrogens is 324 g/mol. The summed E-state index contributed by atoms with van der Waals surface area (Å²) in [5, 5.41) is 7.59. The van der Waals surface area contributed by atoms with Crippen molar-refractivity contribution in [3.63, 3.8) is 0 Å². The number of imide groups is 1. The number of likely N-dealkylation sites (tertiary alicyclic amines) is 1. The van der Waals surface area contributed by atoms with Crippen molar-refractivity contribution >= 4 is 17.8 Å². The first-order valence-corrected chi connectivity index (χ1v) is 8.53. The van der Waals surface area contributed by atoms with Gasteiger partial charge in [-0.25, -0.2) is 4.79 Å². The predicted octanol–water partition coefficient (Wildman–Crippen LogP) is 0.309. The number of amides is 4. The summed E-state index contributed by atoms with van der Waals surface area (Å²) in [7, 11) is 1.86. The second-order valence-corrected chi connectivity index (χ2v) is 6.87. The molecule has 0 saturated carbocycles. The Labute approximate surface area is 146 Å². The molecule has 9 nitrogen and oxygen atoms in total. The molecule has 25 heavy (non-hydrogen) atoms. The third kappa shape index (κ3) is 3.23. The molecule has 2 aliphatic rings. The van der Waals surface area contributed by atoms with E-state index in [0.717, 1.165) is 30.0 Å². The van der Waals surface area contributed by atoms with Crippen LogP contribution in [0.4, 0.5) is 4.79 Å². The third-order valence-corrected chi connectivity index (χ3v) is 5.02. The monoisotopic (exact) mass is 348 g/mol. The van der Waals surface area contributed by atoms with Gasteiger partial charge in [0.25, 0.3) is 11.8 Å². The van der Waals surface area contributed by atoms with Gasteiger partial charge in [-0.1, -0.05) is 6.92 Å². The highest BCUT2D eigenvalue weighted by atomic mass is 16.2. The van der Waals surface area contributed by atoms with Crippen molar-refractivity contribution in [1.29, 1.82) is 0 Å². The predicted molar refractivity (Wildman–Crippen MR) is 89.0 cm³/mol. The largest absolute Gasteiger partial charge is 0.344 e. The summed E-state index contributed by atoms with van der Waals surface area (Å²) in [4.78, 5) is 38.7. The Balaban J connectivity index is 1.63. The molecule has 0 unspecified atom stereocenters. The van der Waals surface area contributed by atoms with Crippen molar-refractivity contribution in [2.45, 2.75) is 44.7 Å². The molecule has 2 aliphatic heterocycles. The number of urea groups is 1. The molecule has 0 bridgehead atoms. The number of rotatable bonds is 5. The minimum atomic E-state index is -0.962. The van der Waals surface area contributed by atoms with Gasteiger partial charge in [-0.3, -0.25) is 24.6 Å². The number of hydrogen-bond acceptors (Lipinski definition) is 5. The van der Waals surface area contributed by atoms with Crippen LogP contribution < -0.4 is 10.7 Å². The zero-order chi connectivity index (χ0) is 18.2. The van der Waals surface area contributed by atoms with E-state index in [-0.39, 0.29) is 18.5 Å². The quantitative estimate of drug-likeness (QED) is 0.746. The van der Waals surface area contributed by atoms with Gasteiger partial charge in [0.05, 0.1) is 12.7 Å². The van der Waals surface area contributed by atoms with Gasteiger partial charge < -0.3 is 5.32 Å². The fourth-order valence-corrected chi connectivity index (χ4v) is 3.38. The van der Waals surface area contributed by atoms with Crippen LogP contribution >= 0.6 is 0 Å². The van der Waals surface area contributed by atoms with Gasteiger partial charge in [0, 0.05) is 24.8 Å². The summed E-state index contributed by atoms with van der Waals surface area (Å²) in [5.41, 5.74) is 2.55. The van der Waals surface area contributed by atoms with Gasteiger partial charge in [0.15, 0.2) is 0 Å². The second-order valence-electron chi connectivity index (χ2n) is 6.87. The maximum absolute atomic E-state index is 12.4. The van der Waals surface area contributed by atoms with Crippen LogP contribution in [0.1, 0.15) is 44.7 Å². The highest BCUT2D eigenvalue weighted by Crippen LogP contribution is 2.31. The van der Waals surface area contributed by atoms with E-state index in [1.165, 1.54) is 0 Å². The lowest BCUT2D eigenvalue weighted by Gasteiger charge is -2.24. The average Bonchev–Trinajstić information content (AvgIpc) is 3.24. The normalized spacial score (nSPS) is 27.0. The Morgan fingerprint density at radius 3 is 2.84 bits per heavy atom. The molecule has 136 valence electrons. The van der Waals surface area contributed by atoms with E-state index in [1.807, 2.05) is 31.3 Å². The van der Waals surface area contributed by atoms with Gasteiger partial charge in [-0.05, 0) is 32.7 Å². The first-order chi connectivity index (χ1) is 11.8. The van der Waals surface area contributed by atoms with Gasteiger partial charge in [0.2, 0.25) is 0 Å². The molecule has 4 amide bonds. The molecule has 2 N–H and O–H groups in total. The van der Waals surface area contributed by atoms with Gasteiger partial charge in [0.1, 0.15) is 5.54 Å². The smallest absolute Gasteiger partial charge is 0.322 e. The van der Waals surface area contributed by atoms with E-state index in [1.54, 1.807) is 11.6 Å². The van der Waals surface area contributed by atoms with Gasteiger partial charge in [-0.2, -0.15) is 10.1 Å². The number of aryl methyl sites for hydroxylation is 1. The molecular formula is C16H24N6O3. The Hall–Kier alpha value is -2.42. The molecule has 3 heterocycles. The maximum atomic E-state index is 12.4. The number of carbonyl (C=O) groups excluding carboxylic acids is 3. The van der Waals surface area contributed by atoms with E-state index in [9.17, 15) is 14.4 Å². The average molecular weight is 348 g/mol. The van der Waals surface area contributed by atoms with Gasteiger partial charge in [-0.15, -0.1) is 0 Å². The Morgan fingerprint density at radius 2 is 2.24 bits per heavy atom. The molecule has 0 aromatic carbocycles. The number of nitrogens with one attached hydrogen (secondary N) is 2. The number of hydrogen-bond donors (Lipinski definition) is 2. The highest BCUT2D eigenvalue weighted by Gasteiger charge is 2.47. The molecule has 9 heteroatoms. The minimum Gasteiger partial charge on any atom is -0.322 e. The van der Waals surface area contributed by atoms with Crippen molar-refractivity contribution in [3.05, 3.63) is 18.0 Å². The molecule has 2 saturated heterocycles. The third-order valence-electron chi connectivity index (χ3n) is 5.02. The lowest BCUT2D eigenvalue weighted by molar-refractivity contribution is -0.139. The highest BCUT2D eigenvalue weighted by molar-refractivity contribution is 6.07. The minimum absolute atomic E-state index is 0.124. The SMILES string of the molecule is CC[C@]1(C)NC(=O)N(NC(=O)CN2CCC[C@H]2c2cnn(C)c2)C1=O. The van der Waals surface area contributed by atoms with Crippen molar-refractivity contribution < 1.29 is 14.4 Å². The first-order valence-electron chi connectivity index (χ1n) is 8.53. The summed E-state index contributed by atoms with van der Waals surface area (Å²) in [6.45, 7) is 4.38. The Bertz CT molecular complexity index is 702. The van der Waals surface area contributed by atoms with Crippen molar-refractivity contribution in [1.82, 2.24) is 30.4 Å². The number of carbonyl (C=O) groups is 3. The van der Waals surface area contributed by atoms with Crippen LogP contribution in [0.2, 0.25) is 0 Å². The Kier molecular flexibility index (Phi) is 4.51. The van der Waals surface area contributed by atoms with Crippen LogP contribution in [-0.2, 0) is 16.6 Å². The first kappa shape index (κ1) is 17.4. The summed E-state index contributed by atoms with van der Waals surface area (Å²) in [5.74, 6) is -0.807. The topological polar surface area (TPSA) is 99.6 Å². The van der Waals surface area contributed by atoms with E-state index >= 15 is 0 Å². The van der Waals surface area contributed by atoms with Crippen molar-refractivity contribution in [3.8, 4) is 0 Å². The van der Waals surface area contributed by atoms with E-state index in [0.29, 0.717) is 6.42 Å². The number of aromatic nitrogens is 2. The van der Waals surface area contributed by atoms with Crippen LogP contribution in [0.5, 0.6) is 0 Å². The van der Waals surface area contributed by atoms with E-state index < -0.39 is 17.5 Å². The molecule has 3 rings (SSSR count). The lowest BCUT2D eigenvalue weighted by atomic mass is 10.00.